The second kappa shape index (κ2) is 1.84. The third kappa shape index (κ3) is 0.838. The van der Waals surface area contributed by atoms with Crippen LogP contribution in [-0.4, -0.2) is 0 Å². The molecule has 0 heterocycles. The molecule has 0 bridgehead atoms. The van der Waals surface area contributed by atoms with Crippen molar-refractivity contribution in [1.82, 2.24) is 0 Å². The second-order valence-electron chi connectivity index (χ2n) is 1.82. The van der Waals surface area contributed by atoms with Crippen LogP contribution in [0, 0.1) is 12.3 Å². The van der Waals surface area contributed by atoms with Gasteiger partial charge in [0.2, 0.25) is 0 Å². The van der Waals surface area contributed by atoms with Crippen molar-refractivity contribution in [2.45, 2.75) is 19.3 Å². The van der Waals surface area contributed by atoms with E-state index in [1.165, 1.54) is 24.8 Å². The molecule has 0 aromatic carbocycles. The van der Waals surface area contributed by atoms with Gasteiger partial charge in [0.05, 0.1) is 0 Å². The summed E-state index contributed by atoms with van der Waals surface area (Å²) in [6, 6.07) is 0. The van der Waals surface area contributed by atoms with Gasteiger partial charge >= 0.3 is 0 Å². The maximum Gasteiger partial charge on any atom is -0.0130 e. The van der Waals surface area contributed by atoms with Gasteiger partial charge in [0.15, 0.2) is 0 Å². The van der Waals surface area contributed by atoms with Gasteiger partial charge in [0.1, 0.15) is 0 Å². The summed E-state index contributed by atoms with van der Waals surface area (Å²) < 4.78 is 0. The summed E-state index contributed by atoms with van der Waals surface area (Å²) in [4.78, 5) is 0. The summed E-state index contributed by atoms with van der Waals surface area (Å²) in [5.74, 6) is 2.51. The van der Waals surface area contributed by atoms with Crippen LogP contribution in [0.3, 0.4) is 0 Å². The summed E-state index contributed by atoms with van der Waals surface area (Å²) in [6.07, 6.45) is 10.7. The fraction of sp³-hybridized carbons (Fsp3) is 0.429. The maximum absolute atomic E-state index is 5.01. The van der Waals surface area contributed by atoms with Crippen molar-refractivity contribution in [2.24, 2.45) is 0 Å². The van der Waals surface area contributed by atoms with E-state index in [9.17, 15) is 0 Å². The molecule has 0 radical (unpaired) electrons. The van der Waals surface area contributed by atoms with Crippen LogP contribution in [0.4, 0.5) is 0 Å². The molecule has 1 rings (SSSR count). The van der Waals surface area contributed by atoms with Crippen LogP contribution >= 0.6 is 0 Å². The summed E-state index contributed by atoms with van der Waals surface area (Å²) in [5, 5.41) is 0. The lowest BCUT2D eigenvalue weighted by molar-refractivity contribution is 0.664. The zero-order chi connectivity index (χ0) is 5.11. The number of hydrogen-bond donors (Lipinski definition) is 0. The van der Waals surface area contributed by atoms with Crippen LogP contribution in [0.2, 0.25) is 0 Å². The van der Waals surface area contributed by atoms with Gasteiger partial charge in [-0.15, -0.1) is 6.42 Å². The Morgan fingerprint density at radius 3 is 2.43 bits per heavy atom. The third-order valence-electron chi connectivity index (χ3n) is 1.28. The quantitative estimate of drug-likeness (QED) is 0.399. The van der Waals surface area contributed by atoms with E-state index in [1.54, 1.807) is 0 Å². The van der Waals surface area contributed by atoms with Crippen LogP contribution < -0.4 is 0 Å². The first kappa shape index (κ1) is 4.46. The molecular weight excluding hydrogens is 84.1 g/mol. The molecule has 1 saturated carbocycles. The van der Waals surface area contributed by atoms with Crippen molar-refractivity contribution in [3.05, 3.63) is 11.6 Å². The van der Waals surface area contributed by atoms with Gasteiger partial charge in [0, 0.05) is 0 Å². The lowest BCUT2D eigenvalue weighted by atomic mass is 9.92. The molecule has 0 spiro atoms. The molecule has 0 unspecified atom stereocenters. The first-order chi connectivity index (χ1) is 3.43. The van der Waals surface area contributed by atoms with Crippen LogP contribution in [0.5, 0.6) is 0 Å². The summed E-state index contributed by atoms with van der Waals surface area (Å²) >= 11 is 0. The number of rotatable bonds is 0. The molecule has 36 valence electrons. The predicted molar refractivity (Wildman–Crippen MR) is 30.8 cm³/mol. The Morgan fingerprint density at radius 2 is 2.29 bits per heavy atom. The average molecular weight is 92.1 g/mol. The molecule has 0 atom stereocenters. The van der Waals surface area contributed by atoms with Crippen molar-refractivity contribution in [1.29, 1.82) is 0 Å². The monoisotopic (exact) mass is 92.1 g/mol. The highest BCUT2D eigenvalue weighted by Gasteiger charge is 2.05. The van der Waals surface area contributed by atoms with Crippen molar-refractivity contribution in [3.8, 4) is 12.3 Å². The highest BCUT2D eigenvalue weighted by Crippen LogP contribution is 2.24. The SMILES string of the molecule is C#CC=C1CCC1. The fourth-order valence-electron chi connectivity index (χ4n) is 0.643. The van der Waals surface area contributed by atoms with E-state index < -0.39 is 0 Å². The molecule has 7 heavy (non-hydrogen) atoms. The van der Waals surface area contributed by atoms with E-state index in [0.29, 0.717) is 0 Å². The van der Waals surface area contributed by atoms with Gasteiger partial charge in [-0.25, -0.2) is 0 Å². The molecule has 0 aliphatic heterocycles. The molecule has 0 aromatic heterocycles. The Morgan fingerprint density at radius 1 is 1.57 bits per heavy atom. The molecule has 0 N–H and O–H groups in total. The minimum atomic E-state index is 1.24. The van der Waals surface area contributed by atoms with Crippen LogP contribution in [-0.2, 0) is 0 Å². The Bertz CT molecular complexity index is 117. The van der Waals surface area contributed by atoms with Crippen molar-refractivity contribution in [3.63, 3.8) is 0 Å². The lowest BCUT2D eigenvalue weighted by Gasteiger charge is -2.13. The molecule has 0 aromatic rings. The van der Waals surface area contributed by atoms with Crippen LogP contribution in [0.25, 0.3) is 0 Å². The normalized spacial score (nSPS) is 17.3. The molecule has 0 heteroatoms. The van der Waals surface area contributed by atoms with E-state index in [0.717, 1.165) is 0 Å². The average Bonchev–Trinajstić information content (AvgIpc) is 1.55. The van der Waals surface area contributed by atoms with Gasteiger partial charge in [0.25, 0.3) is 0 Å². The topological polar surface area (TPSA) is 0 Å². The van der Waals surface area contributed by atoms with Gasteiger partial charge < -0.3 is 0 Å². The summed E-state index contributed by atoms with van der Waals surface area (Å²) in [6.45, 7) is 0. The smallest absolute Gasteiger partial charge is 0.0130 e. The van der Waals surface area contributed by atoms with E-state index in [4.69, 9.17) is 6.42 Å². The first-order valence-electron chi connectivity index (χ1n) is 2.57. The molecule has 0 saturated heterocycles. The van der Waals surface area contributed by atoms with Crippen molar-refractivity contribution in [2.75, 3.05) is 0 Å². The minimum absolute atomic E-state index is 1.24. The highest BCUT2D eigenvalue weighted by atomic mass is 14.1. The molecule has 1 fully saturated rings. The van der Waals surface area contributed by atoms with Gasteiger partial charge in [-0.1, -0.05) is 11.5 Å². The largest absolute Gasteiger partial charge is 0.115 e. The standard InChI is InChI=1S/C7H8/c1-2-4-7-5-3-6-7/h1,4H,3,5-6H2. The number of terminal acetylenes is 1. The molecule has 1 aliphatic rings. The van der Waals surface area contributed by atoms with E-state index in [-0.39, 0.29) is 0 Å². The van der Waals surface area contributed by atoms with Gasteiger partial charge in [-0.05, 0) is 25.3 Å². The highest BCUT2D eigenvalue weighted by molar-refractivity contribution is 5.21. The Labute approximate surface area is 44.2 Å². The third-order valence-corrected chi connectivity index (χ3v) is 1.28. The minimum Gasteiger partial charge on any atom is -0.115 e. The van der Waals surface area contributed by atoms with Crippen LogP contribution in [0.15, 0.2) is 11.6 Å². The van der Waals surface area contributed by atoms with E-state index in [1.807, 2.05) is 6.08 Å². The Balaban J connectivity index is 2.41. The molecule has 1 aliphatic carbocycles. The van der Waals surface area contributed by atoms with E-state index in [2.05, 4.69) is 5.92 Å². The van der Waals surface area contributed by atoms with Crippen LogP contribution in [0.1, 0.15) is 19.3 Å². The first-order valence-corrected chi connectivity index (χ1v) is 2.57. The lowest BCUT2D eigenvalue weighted by Crippen LogP contribution is -1.94. The Kier molecular flexibility index (Phi) is 1.17. The second-order valence-corrected chi connectivity index (χ2v) is 1.82. The Hall–Kier alpha value is -0.700. The summed E-state index contributed by atoms with van der Waals surface area (Å²) in [7, 11) is 0. The maximum atomic E-state index is 5.01. The van der Waals surface area contributed by atoms with E-state index >= 15 is 0 Å². The fourth-order valence-corrected chi connectivity index (χ4v) is 0.643. The number of hydrogen-bond acceptors (Lipinski definition) is 0. The van der Waals surface area contributed by atoms with Gasteiger partial charge in [-0.3, -0.25) is 0 Å². The zero-order valence-corrected chi connectivity index (χ0v) is 4.28. The molecule has 0 amide bonds. The van der Waals surface area contributed by atoms with Crippen molar-refractivity contribution < 1.29 is 0 Å². The van der Waals surface area contributed by atoms with Gasteiger partial charge in [-0.2, -0.15) is 0 Å². The predicted octanol–water partition coefficient (Wildman–Crippen LogP) is 1.73. The summed E-state index contributed by atoms with van der Waals surface area (Å²) in [5.41, 5.74) is 1.45. The molecular formula is C7H8. The van der Waals surface area contributed by atoms with Crippen molar-refractivity contribution >= 4 is 0 Å². The number of allylic oxidation sites excluding steroid dienone is 2. The molecule has 0 nitrogen and oxygen atoms in total. The zero-order valence-electron chi connectivity index (χ0n) is 4.28.